The summed E-state index contributed by atoms with van der Waals surface area (Å²) in [6.45, 7) is 3.89. The Labute approximate surface area is 140 Å². The highest BCUT2D eigenvalue weighted by atomic mass is 19.1. The van der Waals surface area contributed by atoms with Crippen LogP contribution in [-0.4, -0.2) is 31.8 Å². The van der Waals surface area contributed by atoms with E-state index in [4.69, 9.17) is 0 Å². The number of rotatable bonds is 5. The van der Waals surface area contributed by atoms with Crippen LogP contribution in [0.5, 0.6) is 0 Å². The van der Waals surface area contributed by atoms with Crippen LogP contribution in [0.3, 0.4) is 0 Å². The van der Waals surface area contributed by atoms with Gasteiger partial charge < -0.3 is 4.90 Å². The number of hydrogen-bond acceptors (Lipinski definition) is 5. The minimum atomic E-state index is -0.353. The number of aromatic nitrogens is 5. The molecule has 0 radical (unpaired) electrons. The number of anilines is 1. The molecule has 0 aliphatic carbocycles. The Hall–Kier alpha value is -2.83. The third kappa shape index (κ3) is 2.97. The van der Waals surface area contributed by atoms with Crippen molar-refractivity contribution >= 4 is 5.82 Å². The zero-order valence-electron chi connectivity index (χ0n) is 13.9. The first-order chi connectivity index (χ1) is 11.6. The molecule has 0 spiro atoms. The maximum Gasteiger partial charge on any atom is 0.187 e. The summed E-state index contributed by atoms with van der Waals surface area (Å²) in [7, 11) is 1.83. The van der Waals surface area contributed by atoms with Gasteiger partial charge in [-0.05, 0) is 31.0 Å². The highest BCUT2D eigenvalue weighted by molar-refractivity contribution is 5.44. The fraction of sp³-hybridized carbons (Fsp3) is 0.294. The molecule has 3 aromatic rings. The van der Waals surface area contributed by atoms with Crippen LogP contribution in [0.15, 0.2) is 43.2 Å². The lowest BCUT2D eigenvalue weighted by molar-refractivity contribution is 0.578. The topological polar surface area (TPSA) is 59.7 Å². The van der Waals surface area contributed by atoms with Crippen molar-refractivity contribution in [2.45, 2.75) is 26.3 Å². The zero-order chi connectivity index (χ0) is 17.1. The largest absolute Gasteiger partial charge is 0.350 e. The summed E-state index contributed by atoms with van der Waals surface area (Å²) in [5.74, 6) is -0.0386. The standard InChI is InChI=1S/C17H19FN6/c1-4-15-16(18)17(21-10-20-15)23(3)12(2)13-5-7-14(8-6-13)24-11-19-9-22-24/h5-12H,4H2,1-3H3. The molecular weight excluding hydrogens is 307 g/mol. The molecule has 1 aromatic carbocycles. The van der Waals surface area contributed by atoms with Gasteiger partial charge in [0.25, 0.3) is 0 Å². The van der Waals surface area contributed by atoms with Crippen LogP contribution >= 0.6 is 0 Å². The molecule has 24 heavy (non-hydrogen) atoms. The van der Waals surface area contributed by atoms with E-state index < -0.39 is 0 Å². The van der Waals surface area contributed by atoms with Crippen molar-refractivity contribution in [1.29, 1.82) is 0 Å². The zero-order valence-corrected chi connectivity index (χ0v) is 13.9. The smallest absolute Gasteiger partial charge is 0.187 e. The lowest BCUT2D eigenvalue weighted by Crippen LogP contribution is -2.24. The monoisotopic (exact) mass is 326 g/mol. The molecule has 124 valence electrons. The molecule has 7 heteroatoms. The second-order valence-electron chi connectivity index (χ2n) is 5.53. The number of nitrogens with zero attached hydrogens (tertiary/aromatic N) is 6. The van der Waals surface area contributed by atoms with Gasteiger partial charge in [0.1, 0.15) is 19.0 Å². The van der Waals surface area contributed by atoms with E-state index >= 15 is 0 Å². The lowest BCUT2D eigenvalue weighted by Gasteiger charge is -2.27. The van der Waals surface area contributed by atoms with E-state index in [0.29, 0.717) is 17.9 Å². The first-order valence-electron chi connectivity index (χ1n) is 7.79. The van der Waals surface area contributed by atoms with Gasteiger partial charge in [0.15, 0.2) is 11.6 Å². The molecule has 1 unspecified atom stereocenters. The minimum absolute atomic E-state index is 0.0381. The van der Waals surface area contributed by atoms with Gasteiger partial charge >= 0.3 is 0 Å². The molecule has 0 fully saturated rings. The highest BCUT2D eigenvalue weighted by Crippen LogP contribution is 2.27. The van der Waals surface area contributed by atoms with Crippen molar-refractivity contribution in [3.63, 3.8) is 0 Å². The van der Waals surface area contributed by atoms with Gasteiger partial charge in [-0.15, -0.1) is 0 Å². The fourth-order valence-corrected chi connectivity index (χ4v) is 2.54. The van der Waals surface area contributed by atoms with Gasteiger partial charge in [-0.3, -0.25) is 0 Å². The second-order valence-corrected chi connectivity index (χ2v) is 5.53. The van der Waals surface area contributed by atoms with Gasteiger partial charge in [0, 0.05) is 7.05 Å². The molecule has 0 aliphatic rings. The molecule has 2 aromatic heterocycles. The van der Waals surface area contributed by atoms with E-state index in [9.17, 15) is 4.39 Å². The van der Waals surface area contributed by atoms with Crippen molar-refractivity contribution in [3.8, 4) is 5.69 Å². The van der Waals surface area contributed by atoms with E-state index in [1.165, 1.54) is 12.7 Å². The molecule has 0 aliphatic heterocycles. The van der Waals surface area contributed by atoms with Crippen LogP contribution in [0.4, 0.5) is 10.2 Å². The molecule has 1 atom stereocenters. The van der Waals surface area contributed by atoms with Crippen molar-refractivity contribution in [1.82, 2.24) is 24.7 Å². The average molecular weight is 326 g/mol. The van der Waals surface area contributed by atoms with Crippen LogP contribution < -0.4 is 4.90 Å². The van der Waals surface area contributed by atoms with Crippen molar-refractivity contribution in [2.75, 3.05) is 11.9 Å². The van der Waals surface area contributed by atoms with Gasteiger partial charge in [0.05, 0.1) is 17.4 Å². The van der Waals surface area contributed by atoms with Crippen LogP contribution in [-0.2, 0) is 6.42 Å². The maximum atomic E-state index is 14.5. The van der Waals surface area contributed by atoms with Crippen LogP contribution in [0.2, 0.25) is 0 Å². The number of halogens is 1. The molecule has 0 saturated carbocycles. The Kier molecular flexibility index (Phi) is 4.50. The van der Waals surface area contributed by atoms with Crippen LogP contribution in [0.1, 0.15) is 31.1 Å². The van der Waals surface area contributed by atoms with Gasteiger partial charge in [0.2, 0.25) is 0 Å². The second kappa shape index (κ2) is 6.74. The van der Waals surface area contributed by atoms with E-state index in [-0.39, 0.29) is 11.9 Å². The molecular formula is C17H19FN6. The van der Waals surface area contributed by atoms with E-state index in [1.54, 1.807) is 11.0 Å². The summed E-state index contributed by atoms with van der Waals surface area (Å²) in [5, 5.41) is 4.10. The van der Waals surface area contributed by atoms with Crippen molar-refractivity contribution in [3.05, 3.63) is 60.3 Å². The minimum Gasteiger partial charge on any atom is -0.350 e. The quantitative estimate of drug-likeness (QED) is 0.721. The predicted octanol–water partition coefficient (Wildman–Crippen LogP) is 2.96. The van der Waals surface area contributed by atoms with Gasteiger partial charge in [-0.25, -0.2) is 24.0 Å². The first-order valence-corrected chi connectivity index (χ1v) is 7.79. The molecule has 0 N–H and O–H groups in total. The summed E-state index contributed by atoms with van der Waals surface area (Å²) >= 11 is 0. The third-order valence-corrected chi connectivity index (χ3v) is 4.15. The van der Waals surface area contributed by atoms with E-state index in [0.717, 1.165) is 11.3 Å². The predicted molar refractivity (Wildman–Crippen MR) is 89.5 cm³/mol. The molecule has 0 amide bonds. The number of benzene rings is 1. The summed E-state index contributed by atoms with van der Waals surface area (Å²) in [6, 6.07) is 7.88. The number of hydrogen-bond donors (Lipinski definition) is 0. The number of aryl methyl sites for hydroxylation is 1. The summed E-state index contributed by atoms with van der Waals surface area (Å²) in [4.78, 5) is 13.9. The molecule has 2 heterocycles. The van der Waals surface area contributed by atoms with Crippen LogP contribution in [0, 0.1) is 5.82 Å². The SMILES string of the molecule is CCc1ncnc(N(C)C(C)c2ccc(-n3cncn3)cc2)c1F. The normalized spacial score (nSPS) is 12.2. The Morgan fingerprint density at radius 3 is 2.54 bits per heavy atom. The van der Waals surface area contributed by atoms with Crippen molar-refractivity contribution in [2.24, 2.45) is 0 Å². The Balaban J connectivity index is 1.84. The summed E-state index contributed by atoms with van der Waals surface area (Å²) < 4.78 is 16.2. The average Bonchev–Trinajstić information content (AvgIpc) is 3.15. The first kappa shape index (κ1) is 16.0. The Morgan fingerprint density at radius 2 is 1.92 bits per heavy atom. The van der Waals surface area contributed by atoms with Crippen LogP contribution in [0.25, 0.3) is 5.69 Å². The Morgan fingerprint density at radius 1 is 1.17 bits per heavy atom. The summed E-state index contributed by atoms with van der Waals surface area (Å²) in [6.07, 6.45) is 5.09. The van der Waals surface area contributed by atoms with E-state index in [1.807, 2.05) is 50.1 Å². The van der Waals surface area contributed by atoms with Crippen molar-refractivity contribution < 1.29 is 4.39 Å². The third-order valence-electron chi connectivity index (χ3n) is 4.15. The maximum absolute atomic E-state index is 14.5. The highest BCUT2D eigenvalue weighted by Gasteiger charge is 2.19. The van der Waals surface area contributed by atoms with Gasteiger partial charge in [-0.2, -0.15) is 5.10 Å². The molecule has 0 bridgehead atoms. The lowest BCUT2D eigenvalue weighted by atomic mass is 10.1. The fourth-order valence-electron chi connectivity index (χ4n) is 2.54. The molecule has 3 rings (SSSR count). The molecule has 0 saturated heterocycles. The molecule has 6 nitrogen and oxygen atoms in total. The Bertz CT molecular complexity index is 800. The van der Waals surface area contributed by atoms with Gasteiger partial charge in [-0.1, -0.05) is 19.1 Å². The van der Waals surface area contributed by atoms with E-state index in [2.05, 4.69) is 20.1 Å². The summed E-state index contributed by atoms with van der Waals surface area (Å²) in [5.41, 5.74) is 2.41.